The van der Waals surface area contributed by atoms with Gasteiger partial charge in [-0.05, 0) is 18.8 Å². The molecule has 4 nitrogen and oxygen atoms in total. The van der Waals surface area contributed by atoms with Crippen molar-refractivity contribution in [1.82, 2.24) is 10.2 Å². The molecule has 72 valence electrons. The smallest absolute Gasteiger partial charge is 0.230 e. The summed E-state index contributed by atoms with van der Waals surface area (Å²) in [4.78, 5) is 0. The van der Waals surface area contributed by atoms with Crippen molar-refractivity contribution in [1.29, 1.82) is 0 Å². The van der Waals surface area contributed by atoms with Crippen LogP contribution >= 0.6 is 0 Å². The molecule has 1 saturated carbocycles. The normalized spacial score (nSPS) is 18.2. The molecular formula is C9H15N3O. The number of hydrogen-bond acceptors (Lipinski definition) is 4. The number of nitrogens with zero attached hydrogens (tertiary/aromatic N) is 2. The van der Waals surface area contributed by atoms with E-state index in [4.69, 9.17) is 10.2 Å². The van der Waals surface area contributed by atoms with Crippen LogP contribution in [0.1, 0.15) is 37.5 Å². The first kappa shape index (κ1) is 8.69. The van der Waals surface area contributed by atoms with Crippen LogP contribution in [-0.2, 0) is 13.0 Å². The molecule has 0 amide bonds. The lowest BCUT2D eigenvalue weighted by Crippen LogP contribution is -1.98. The van der Waals surface area contributed by atoms with Gasteiger partial charge >= 0.3 is 0 Å². The highest BCUT2D eigenvalue weighted by Crippen LogP contribution is 2.27. The lowest BCUT2D eigenvalue weighted by Gasteiger charge is -2.02. The van der Waals surface area contributed by atoms with Gasteiger partial charge in [0.1, 0.15) is 0 Å². The molecule has 1 fully saturated rings. The van der Waals surface area contributed by atoms with Gasteiger partial charge in [0, 0.05) is 6.42 Å². The van der Waals surface area contributed by atoms with Crippen LogP contribution in [0.25, 0.3) is 0 Å². The maximum atomic E-state index is 5.38. The standard InChI is InChI=1S/C9H15N3O/c10-6-9-12-11-8(13-9)5-7-3-1-2-4-7/h7H,1-6,10H2. The van der Waals surface area contributed by atoms with E-state index in [1.807, 2.05) is 0 Å². The van der Waals surface area contributed by atoms with Crippen LogP contribution in [0.15, 0.2) is 4.42 Å². The lowest BCUT2D eigenvalue weighted by molar-refractivity contribution is 0.408. The molecule has 0 spiro atoms. The van der Waals surface area contributed by atoms with E-state index in [2.05, 4.69) is 10.2 Å². The Kier molecular flexibility index (Phi) is 2.59. The number of aromatic nitrogens is 2. The highest BCUT2D eigenvalue weighted by molar-refractivity contribution is 4.84. The first-order valence-electron chi connectivity index (χ1n) is 4.90. The predicted molar refractivity (Wildman–Crippen MR) is 47.9 cm³/mol. The van der Waals surface area contributed by atoms with E-state index in [9.17, 15) is 0 Å². The fraction of sp³-hybridized carbons (Fsp3) is 0.778. The minimum atomic E-state index is 0.345. The van der Waals surface area contributed by atoms with Gasteiger partial charge in [-0.3, -0.25) is 0 Å². The summed E-state index contributed by atoms with van der Waals surface area (Å²) in [7, 11) is 0. The van der Waals surface area contributed by atoms with Crippen molar-refractivity contribution in [2.45, 2.75) is 38.6 Å². The lowest BCUT2D eigenvalue weighted by atomic mass is 10.0. The summed E-state index contributed by atoms with van der Waals surface area (Å²) in [5.41, 5.74) is 5.38. The summed E-state index contributed by atoms with van der Waals surface area (Å²) >= 11 is 0. The molecule has 0 aromatic carbocycles. The highest BCUT2D eigenvalue weighted by Gasteiger charge is 2.18. The minimum Gasteiger partial charge on any atom is -0.424 e. The van der Waals surface area contributed by atoms with Crippen LogP contribution in [0.4, 0.5) is 0 Å². The minimum absolute atomic E-state index is 0.345. The van der Waals surface area contributed by atoms with Crippen LogP contribution in [0.5, 0.6) is 0 Å². The number of nitrogens with two attached hydrogens (primary N) is 1. The van der Waals surface area contributed by atoms with Crippen LogP contribution in [0.3, 0.4) is 0 Å². The predicted octanol–water partition coefficient (Wildman–Crippen LogP) is 1.26. The van der Waals surface area contributed by atoms with Crippen molar-refractivity contribution in [2.24, 2.45) is 11.7 Å². The van der Waals surface area contributed by atoms with Gasteiger partial charge in [-0.2, -0.15) is 0 Å². The van der Waals surface area contributed by atoms with E-state index in [-0.39, 0.29) is 0 Å². The summed E-state index contributed by atoms with van der Waals surface area (Å²) < 4.78 is 5.35. The van der Waals surface area contributed by atoms with Crippen molar-refractivity contribution in [2.75, 3.05) is 0 Å². The quantitative estimate of drug-likeness (QED) is 0.762. The Bertz CT molecular complexity index is 266. The molecule has 0 aliphatic heterocycles. The molecule has 0 bridgehead atoms. The maximum Gasteiger partial charge on any atom is 0.230 e. The first-order valence-corrected chi connectivity index (χ1v) is 4.90. The van der Waals surface area contributed by atoms with Crippen molar-refractivity contribution in [3.05, 3.63) is 11.8 Å². The molecule has 4 heteroatoms. The fourth-order valence-corrected chi connectivity index (χ4v) is 1.91. The summed E-state index contributed by atoms with van der Waals surface area (Å²) in [6.07, 6.45) is 6.25. The van der Waals surface area contributed by atoms with Gasteiger partial charge in [-0.1, -0.05) is 12.8 Å². The second-order valence-corrected chi connectivity index (χ2v) is 3.65. The van der Waals surface area contributed by atoms with Crippen LogP contribution in [-0.4, -0.2) is 10.2 Å². The fourth-order valence-electron chi connectivity index (χ4n) is 1.91. The van der Waals surface area contributed by atoms with Gasteiger partial charge in [0.15, 0.2) is 0 Å². The Labute approximate surface area is 77.5 Å². The SMILES string of the molecule is NCc1nnc(CC2CCCC2)o1. The monoisotopic (exact) mass is 181 g/mol. The Morgan fingerprint density at radius 2 is 1.92 bits per heavy atom. The Balaban J connectivity index is 1.92. The van der Waals surface area contributed by atoms with E-state index in [1.54, 1.807) is 0 Å². The third-order valence-corrected chi connectivity index (χ3v) is 2.62. The highest BCUT2D eigenvalue weighted by atomic mass is 16.4. The molecule has 0 unspecified atom stereocenters. The second-order valence-electron chi connectivity index (χ2n) is 3.65. The topological polar surface area (TPSA) is 64.9 Å². The summed E-state index contributed by atoms with van der Waals surface area (Å²) in [6.45, 7) is 0.345. The van der Waals surface area contributed by atoms with E-state index >= 15 is 0 Å². The van der Waals surface area contributed by atoms with Crippen LogP contribution < -0.4 is 5.73 Å². The average Bonchev–Trinajstić information content (AvgIpc) is 2.76. The molecule has 0 saturated heterocycles. The molecule has 1 heterocycles. The average molecular weight is 181 g/mol. The first-order chi connectivity index (χ1) is 6.38. The van der Waals surface area contributed by atoms with Crippen molar-refractivity contribution in [3.8, 4) is 0 Å². The Morgan fingerprint density at radius 1 is 1.23 bits per heavy atom. The molecule has 0 atom stereocenters. The zero-order valence-corrected chi connectivity index (χ0v) is 7.70. The van der Waals surface area contributed by atoms with Gasteiger partial charge in [-0.15, -0.1) is 10.2 Å². The molecule has 2 rings (SSSR count). The van der Waals surface area contributed by atoms with Crippen molar-refractivity contribution >= 4 is 0 Å². The summed E-state index contributed by atoms with van der Waals surface area (Å²) in [5, 5.41) is 7.79. The van der Waals surface area contributed by atoms with Gasteiger partial charge in [-0.25, -0.2) is 0 Å². The summed E-state index contributed by atoms with van der Waals surface area (Å²) in [6, 6.07) is 0. The van der Waals surface area contributed by atoms with Gasteiger partial charge in [0.2, 0.25) is 11.8 Å². The maximum absolute atomic E-state index is 5.38. The van der Waals surface area contributed by atoms with Crippen molar-refractivity contribution in [3.63, 3.8) is 0 Å². The van der Waals surface area contributed by atoms with E-state index in [0.717, 1.165) is 18.2 Å². The zero-order chi connectivity index (χ0) is 9.10. The molecule has 1 aromatic heterocycles. The van der Waals surface area contributed by atoms with Gasteiger partial charge in [0.05, 0.1) is 6.54 Å². The number of hydrogen-bond donors (Lipinski definition) is 1. The molecule has 0 radical (unpaired) electrons. The zero-order valence-electron chi connectivity index (χ0n) is 7.70. The molecule has 13 heavy (non-hydrogen) atoms. The molecule has 1 aromatic rings. The third-order valence-electron chi connectivity index (χ3n) is 2.62. The number of rotatable bonds is 3. The molecular weight excluding hydrogens is 166 g/mol. The Hall–Kier alpha value is -0.900. The molecule has 2 N–H and O–H groups in total. The molecule has 1 aliphatic rings. The Morgan fingerprint density at radius 3 is 2.54 bits per heavy atom. The second kappa shape index (κ2) is 3.87. The third kappa shape index (κ3) is 2.06. The van der Waals surface area contributed by atoms with Gasteiger partial charge in [0.25, 0.3) is 0 Å². The van der Waals surface area contributed by atoms with Crippen LogP contribution in [0, 0.1) is 5.92 Å². The van der Waals surface area contributed by atoms with Crippen molar-refractivity contribution < 1.29 is 4.42 Å². The van der Waals surface area contributed by atoms with E-state index in [1.165, 1.54) is 25.7 Å². The van der Waals surface area contributed by atoms with Gasteiger partial charge < -0.3 is 10.2 Å². The van der Waals surface area contributed by atoms with E-state index < -0.39 is 0 Å². The summed E-state index contributed by atoms with van der Waals surface area (Å²) in [5.74, 6) is 2.06. The molecule has 1 aliphatic carbocycles. The van der Waals surface area contributed by atoms with Crippen LogP contribution in [0.2, 0.25) is 0 Å². The van der Waals surface area contributed by atoms with E-state index in [0.29, 0.717) is 12.4 Å². The largest absolute Gasteiger partial charge is 0.424 e.